The van der Waals surface area contributed by atoms with E-state index < -0.39 is 0 Å². The highest BCUT2D eigenvalue weighted by Gasteiger charge is 2.31. The fourth-order valence-electron chi connectivity index (χ4n) is 3.15. The second kappa shape index (κ2) is 5.48. The monoisotopic (exact) mass is 226 g/mol. The molecule has 2 fully saturated rings. The molecule has 0 aromatic rings. The molecule has 2 aliphatic heterocycles. The van der Waals surface area contributed by atoms with Crippen molar-refractivity contribution in [3.8, 4) is 0 Å². The van der Waals surface area contributed by atoms with E-state index in [1.54, 1.807) is 0 Å². The van der Waals surface area contributed by atoms with E-state index in [-0.39, 0.29) is 0 Å². The van der Waals surface area contributed by atoms with Crippen LogP contribution in [-0.2, 0) is 4.74 Å². The third kappa shape index (κ3) is 2.76. The highest BCUT2D eigenvalue weighted by atomic mass is 16.5. The molecule has 0 bridgehead atoms. The van der Waals surface area contributed by atoms with Gasteiger partial charge >= 0.3 is 0 Å². The van der Waals surface area contributed by atoms with E-state index in [0.717, 1.165) is 12.6 Å². The van der Waals surface area contributed by atoms with Gasteiger partial charge in [0.15, 0.2) is 0 Å². The molecule has 2 saturated heterocycles. The first kappa shape index (κ1) is 12.3. The van der Waals surface area contributed by atoms with Crippen LogP contribution in [0.1, 0.15) is 39.5 Å². The quantitative estimate of drug-likeness (QED) is 0.777. The van der Waals surface area contributed by atoms with Crippen molar-refractivity contribution in [1.29, 1.82) is 0 Å². The Hall–Kier alpha value is -0.120. The van der Waals surface area contributed by atoms with E-state index in [9.17, 15) is 0 Å². The lowest BCUT2D eigenvalue weighted by atomic mass is 9.88. The van der Waals surface area contributed by atoms with Crippen LogP contribution in [0.5, 0.6) is 0 Å². The summed E-state index contributed by atoms with van der Waals surface area (Å²) in [5.41, 5.74) is 6.16. The van der Waals surface area contributed by atoms with Crippen LogP contribution in [0.4, 0.5) is 0 Å². The highest BCUT2D eigenvalue weighted by Crippen LogP contribution is 2.25. The Kier molecular flexibility index (Phi) is 4.22. The largest absolute Gasteiger partial charge is 0.378 e. The van der Waals surface area contributed by atoms with Gasteiger partial charge in [-0.3, -0.25) is 4.90 Å². The minimum atomic E-state index is 0.429. The van der Waals surface area contributed by atoms with Crippen molar-refractivity contribution in [2.45, 2.75) is 57.7 Å². The number of nitrogens with two attached hydrogens (primary N) is 1. The van der Waals surface area contributed by atoms with Crippen molar-refractivity contribution >= 4 is 0 Å². The lowest BCUT2D eigenvalue weighted by Gasteiger charge is -2.43. The van der Waals surface area contributed by atoms with Gasteiger partial charge in [0, 0.05) is 25.2 Å². The molecule has 2 heterocycles. The third-order valence-corrected chi connectivity index (χ3v) is 4.32. The second-order valence-corrected chi connectivity index (χ2v) is 5.48. The molecule has 0 amide bonds. The molecule has 4 atom stereocenters. The molecule has 2 rings (SSSR count). The van der Waals surface area contributed by atoms with Gasteiger partial charge in [0.25, 0.3) is 0 Å². The van der Waals surface area contributed by atoms with E-state index in [2.05, 4.69) is 18.7 Å². The Morgan fingerprint density at radius 1 is 1.38 bits per heavy atom. The predicted octanol–water partition coefficient (Wildman–Crippen LogP) is 1.61. The molecule has 0 spiro atoms. The number of rotatable bonds is 2. The predicted molar refractivity (Wildman–Crippen MR) is 66.4 cm³/mol. The summed E-state index contributed by atoms with van der Waals surface area (Å²) in [6.07, 6.45) is 5.23. The van der Waals surface area contributed by atoms with E-state index in [1.807, 2.05) is 0 Å². The van der Waals surface area contributed by atoms with Crippen molar-refractivity contribution < 1.29 is 4.74 Å². The van der Waals surface area contributed by atoms with Gasteiger partial charge in [-0.1, -0.05) is 13.3 Å². The molecule has 2 aliphatic rings. The lowest BCUT2D eigenvalue weighted by Crippen LogP contribution is -2.52. The third-order valence-electron chi connectivity index (χ3n) is 4.32. The van der Waals surface area contributed by atoms with Gasteiger partial charge in [0.1, 0.15) is 0 Å². The fourth-order valence-corrected chi connectivity index (χ4v) is 3.15. The van der Waals surface area contributed by atoms with Crippen LogP contribution in [0, 0.1) is 5.92 Å². The summed E-state index contributed by atoms with van der Waals surface area (Å²) in [7, 11) is 0. The van der Waals surface area contributed by atoms with Gasteiger partial charge in [0.05, 0.1) is 6.10 Å². The van der Waals surface area contributed by atoms with Gasteiger partial charge in [-0.25, -0.2) is 0 Å². The summed E-state index contributed by atoms with van der Waals surface area (Å²) in [5.74, 6) is 0.701. The van der Waals surface area contributed by atoms with Crippen LogP contribution in [0.3, 0.4) is 0 Å². The number of hydrogen-bond acceptors (Lipinski definition) is 3. The maximum absolute atomic E-state index is 6.16. The van der Waals surface area contributed by atoms with Crippen molar-refractivity contribution in [2.24, 2.45) is 11.7 Å². The van der Waals surface area contributed by atoms with Gasteiger partial charge in [-0.2, -0.15) is 0 Å². The standard InChI is InChI=1S/C13H26N2O/c1-3-11-9-15(6-4-13(11)14)12-5-7-16-10(2)8-12/h10-13H,3-9,14H2,1-2H3. The van der Waals surface area contributed by atoms with E-state index >= 15 is 0 Å². The number of piperidine rings is 1. The van der Waals surface area contributed by atoms with Crippen LogP contribution in [0.25, 0.3) is 0 Å². The van der Waals surface area contributed by atoms with Gasteiger partial charge in [-0.15, -0.1) is 0 Å². The Bertz CT molecular complexity index is 222. The summed E-state index contributed by atoms with van der Waals surface area (Å²) >= 11 is 0. The summed E-state index contributed by atoms with van der Waals surface area (Å²) in [6, 6.07) is 1.17. The summed E-state index contributed by atoms with van der Waals surface area (Å²) in [5, 5.41) is 0. The van der Waals surface area contributed by atoms with Crippen LogP contribution < -0.4 is 5.73 Å². The average Bonchev–Trinajstić information content (AvgIpc) is 2.29. The molecule has 3 nitrogen and oxygen atoms in total. The summed E-state index contributed by atoms with van der Waals surface area (Å²) < 4.78 is 5.62. The summed E-state index contributed by atoms with van der Waals surface area (Å²) in [6.45, 7) is 7.79. The molecule has 94 valence electrons. The first-order valence-corrected chi connectivity index (χ1v) is 6.82. The summed E-state index contributed by atoms with van der Waals surface area (Å²) in [4.78, 5) is 2.66. The highest BCUT2D eigenvalue weighted by molar-refractivity contribution is 4.87. The smallest absolute Gasteiger partial charge is 0.0561 e. The Morgan fingerprint density at radius 3 is 2.88 bits per heavy atom. The van der Waals surface area contributed by atoms with E-state index in [4.69, 9.17) is 10.5 Å². The first-order valence-electron chi connectivity index (χ1n) is 6.82. The maximum atomic E-state index is 6.16. The van der Waals surface area contributed by atoms with E-state index in [1.165, 1.54) is 38.8 Å². The molecule has 0 aromatic heterocycles. The number of ether oxygens (including phenoxy) is 1. The van der Waals surface area contributed by atoms with E-state index in [0.29, 0.717) is 18.1 Å². The molecule has 4 unspecified atom stereocenters. The van der Waals surface area contributed by atoms with Crippen molar-refractivity contribution in [3.05, 3.63) is 0 Å². The molecule has 3 heteroatoms. The Balaban J connectivity index is 1.89. The first-order chi connectivity index (χ1) is 7.70. The number of likely N-dealkylation sites (tertiary alicyclic amines) is 1. The van der Waals surface area contributed by atoms with Gasteiger partial charge in [-0.05, 0) is 38.6 Å². The molecular formula is C13H26N2O. The molecule has 16 heavy (non-hydrogen) atoms. The lowest BCUT2D eigenvalue weighted by molar-refractivity contribution is -0.0286. The average molecular weight is 226 g/mol. The zero-order chi connectivity index (χ0) is 11.5. The van der Waals surface area contributed by atoms with Crippen LogP contribution in [0.15, 0.2) is 0 Å². The van der Waals surface area contributed by atoms with Crippen molar-refractivity contribution in [1.82, 2.24) is 4.90 Å². The zero-order valence-electron chi connectivity index (χ0n) is 10.7. The second-order valence-electron chi connectivity index (χ2n) is 5.48. The Morgan fingerprint density at radius 2 is 2.19 bits per heavy atom. The van der Waals surface area contributed by atoms with Gasteiger partial charge < -0.3 is 10.5 Å². The number of nitrogens with zero attached hydrogens (tertiary/aromatic N) is 1. The minimum Gasteiger partial charge on any atom is -0.378 e. The van der Waals surface area contributed by atoms with Crippen LogP contribution in [-0.4, -0.2) is 42.8 Å². The maximum Gasteiger partial charge on any atom is 0.0561 e. The molecule has 2 N–H and O–H groups in total. The normalized spacial score (nSPS) is 42.2. The fraction of sp³-hybridized carbons (Fsp3) is 1.00. The topological polar surface area (TPSA) is 38.5 Å². The van der Waals surface area contributed by atoms with Crippen LogP contribution >= 0.6 is 0 Å². The minimum absolute atomic E-state index is 0.429. The number of hydrogen-bond donors (Lipinski definition) is 1. The molecule has 0 radical (unpaired) electrons. The molecular weight excluding hydrogens is 200 g/mol. The Labute approximate surface area is 99.3 Å². The molecule has 0 saturated carbocycles. The molecule has 0 aromatic carbocycles. The zero-order valence-corrected chi connectivity index (χ0v) is 10.7. The molecule has 0 aliphatic carbocycles. The van der Waals surface area contributed by atoms with Crippen LogP contribution in [0.2, 0.25) is 0 Å². The van der Waals surface area contributed by atoms with Crippen molar-refractivity contribution in [2.75, 3.05) is 19.7 Å². The van der Waals surface area contributed by atoms with Gasteiger partial charge in [0.2, 0.25) is 0 Å². The van der Waals surface area contributed by atoms with Crippen molar-refractivity contribution in [3.63, 3.8) is 0 Å². The SMILES string of the molecule is CCC1CN(C2CCOC(C)C2)CCC1N.